The minimum absolute atomic E-state index is 0.178. The van der Waals surface area contributed by atoms with Gasteiger partial charge in [0.05, 0.1) is 5.75 Å². The molecule has 0 unspecified atom stereocenters. The predicted octanol–water partition coefficient (Wildman–Crippen LogP) is 3.51. The van der Waals surface area contributed by atoms with Crippen molar-refractivity contribution in [2.24, 2.45) is 0 Å². The van der Waals surface area contributed by atoms with Crippen LogP contribution in [0.4, 0.5) is 5.13 Å². The number of aryl methyl sites for hydroxylation is 1. The van der Waals surface area contributed by atoms with Gasteiger partial charge in [-0.15, -0.1) is 20.4 Å². The number of carbonyl (C=O) groups is 1. The number of rotatable bonds is 8. The number of hydrogen-bond donors (Lipinski definition) is 1. The maximum atomic E-state index is 12.0. The molecule has 3 rings (SSSR count). The van der Waals surface area contributed by atoms with Gasteiger partial charge in [0.15, 0.2) is 4.34 Å². The van der Waals surface area contributed by atoms with Gasteiger partial charge in [-0.05, 0) is 5.56 Å². The van der Waals surface area contributed by atoms with Gasteiger partial charge in [-0.3, -0.25) is 10.1 Å². The monoisotopic (exact) mass is 393 g/mol. The molecule has 25 heavy (non-hydrogen) atoms. The van der Waals surface area contributed by atoms with Crippen LogP contribution in [0.2, 0.25) is 0 Å². The number of carbonyl (C=O) groups excluding carboxylic acids is 1. The third-order valence-electron chi connectivity index (χ3n) is 2.94. The summed E-state index contributed by atoms with van der Waals surface area (Å²) in [5.41, 5.74) is 1.22. The van der Waals surface area contributed by atoms with Crippen molar-refractivity contribution in [3.8, 4) is 0 Å². The van der Waals surface area contributed by atoms with Gasteiger partial charge >= 0.3 is 0 Å². The van der Waals surface area contributed by atoms with Gasteiger partial charge in [0.25, 0.3) is 5.22 Å². The molecule has 10 heteroatoms. The summed E-state index contributed by atoms with van der Waals surface area (Å²) < 4.78 is 6.16. The van der Waals surface area contributed by atoms with Gasteiger partial charge in [-0.2, -0.15) is 0 Å². The Morgan fingerprint density at radius 3 is 2.76 bits per heavy atom. The normalized spacial score (nSPS) is 10.8. The van der Waals surface area contributed by atoms with Crippen LogP contribution in [0.25, 0.3) is 0 Å². The standard InChI is InChI=1S/C15H15N5O2S3/c1-2-12-17-19-14(22-12)23-9-11(21)16-13-18-20-15(25-13)24-8-10-6-4-3-5-7-10/h3-7H,2,8-9H2,1H3,(H,16,18,21). The van der Waals surface area contributed by atoms with Gasteiger partial charge in [-0.25, -0.2) is 0 Å². The molecule has 0 aliphatic heterocycles. The molecular weight excluding hydrogens is 378 g/mol. The lowest BCUT2D eigenvalue weighted by Crippen LogP contribution is -2.13. The molecule has 7 nitrogen and oxygen atoms in total. The van der Waals surface area contributed by atoms with E-state index >= 15 is 0 Å². The lowest BCUT2D eigenvalue weighted by atomic mass is 10.2. The number of thioether (sulfide) groups is 2. The second-order valence-corrected chi connectivity index (χ2v) is 7.93. The lowest BCUT2D eigenvalue weighted by Gasteiger charge is -1.98. The predicted molar refractivity (Wildman–Crippen MR) is 98.9 cm³/mol. The zero-order chi connectivity index (χ0) is 17.5. The smallest absolute Gasteiger partial charge is 0.277 e. The summed E-state index contributed by atoms with van der Waals surface area (Å²) >= 11 is 4.15. The van der Waals surface area contributed by atoms with E-state index in [0.29, 0.717) is 22.7 Å². The Hall–Kier alpha value is -1.91. The van der Waals surface area contributed by atoms with E-state index in [2.05, 4.69) is 37.8 Å². The molecule has 1 N–H and O–H groups in total. The van der Waals surface area contributed by atoms with Crippen LogP contribution in [0.1, 0.15) is 18.4 Å². The highest BCUT2D eigenvalue weighted by molar-refractivity contribution is 8.00. The third kappa shape index (κ3) is 5.55. The molecule has 0 aliphatic carbocycles. The van der Waals surface area contributed by atoms with Crippen molar-refractivity contribution in [1.82, 2.24) is 20.4 Å². The first-order chi connectivity index (χ1) is 12.2. The Labute approximate surface area is 157 Å². The van der Waals surface area contributed by atoms with Crippen LogP contribution < -0.4 is 5.32 Å². The average molecular weight is 394 g/mol. The average Bonchev–Trinajstić information content (AvgIpc) is 3.28. The van der Waals surface area contributed by atoms with Gasteiger partial charge in [0, 0.05) is 12.2 Å². The SMILES string of the molecule is CCc1nnc(SCC(=O)Nc2nnc(SCc3ccccc3)s2)o1. The van der Waals surface area contributed by atoms with E-state index in [1.165, 1.54) is 28.7 Å². The maximum absolute atomic E-state index is 12.0. The van der Waals surface area contributed by atoms with Crippen molar-refractivity contribution >= 4 is 45.9 Å². The summed E-state index contributed by atoms with van der Waals surface area (Å²) in [7, 11) is 0. The zero-order valence-electron chi connectivity index (χ0n) is 13.3. The highest BCUT2D eigenvalue weighted by Crippen LogP contribution is 2.28. The van der Waals surface area contributed by atoms with Gasteiger partial charge in [0.1, 0.15) is 0 Å². The number of anilines is 1. The molecule has 2 aromatic heterocycles. The van der Waals surface area contributed by atoms with E-state index in [4.69, 9.17) is 4.42 Å². The minimum Gasteiger partial charge on any atom is -0.416 e. The molecular formula is C15H15N5O2S3. The molecule has 2 heterocycles. The molecule has 0 spiro atoms. The number of hydrogen-bond acceptors (Lipinski definition) is 9. The van der Waals surface area contributed by atoms with Crippen molar-refractivity contribution in [3.63, 3.8) is 0 Å². The van der Waals surface area contributed by atoms with E-state index in [0.717, 1.165) is 10.1 Å². The van der Waals surface area contributed by atoms with E-state index in [-0.39, 0.29) is 11.7 Å². The van der Waals surface area contributed by atoms with Crippen LogP contribution in [0.3, 0.4) is 0 Å². The molecule has 0 bridgehead atoms. The van der Waals surface area contributed by atoms with Crippen LogP contribution in [-0.2, 0) is 17.0 Å². The lowest BCUT2D eigenvalue weighted by molar-refractivity contribution is -0.113. The Kier molecular flexibility index (Phi) is 6.42. The molecule has 1 amide bonds. The van der Waals surface area contributed by atoms with Crippen molar-refractivity contribution < 1.29 is 9.21 Å². The van der Waals surface area contributed by atoms with E-state index in [1.54, 1.807) is 11.8 Å². The first kappa shape index (κ1) is 17.9. The molecule has 0 saturated carbocycles. The van der Waals surface area contributed by atoms with Gasteiger partial charge < -0.3 is 4.42 Å². The van der Waals surface area contributed by atoms with Crippen molar-refractivity contribution in [1.29, 1.82) is 0 Å². The van der Waals surface area contributed by atoms with Gasteiger partial charge in [-0.1, -0.05) is 72.1 Å². The molecule has 130 valence electrons. The molecule has 3 aromatic rings. The highest BCUT2D eigenvalue weighted by atomic mass is 32.2. The second kappa shape index (κ2) is 8.97. The highest BCUT2D eigenvalue weighted by Gasteiger charge is 2.12. The number of nitrogens with one attached hydrogen (secondary N) is 1. The largest absolute Gasteiger partial charge is 0.416 e. The third-order valence-corrected chi connectivity index (χ3v) is 5.80. The van der Waals surface area contributed by atoms with Crippen LogP contribution in [0.5, 0.6) is 0 Å². The fraction of sp³-hybridized carbons (Fsp3) is 0.267. The van der Waals surface area contributed by atoms with Crippen molar-refractivity contribution in [2.45, 2.75) is 28.7 Å². The number of amides is 1. The molecule has 0 aliphatic rings. The van der Waals surface area contributed by atoms with Crippen LogP contribution >= 0.6 is 34.9 Å². The number of benzene rings is 1. The van der Waals surface area contributed by atoms with E-state index < -0.39 is 0 Å². The maximum Gasteiger partial charge on any atom is 0.277 e. The summed E-state index contributed by atoms with van der Waals surface area (Å²) in [5.74, 6) is 1.37. The summed E-state index contributed by atoms with van der Waals surface area (Å²) in [4.78, 5) is 12.0. The first-order valence-electron chi connectivity index (χ1n) is 7.48. The van der Waals surface area contributed by atoms with E-state index in [1.807, 2.05) is 25.1 Å². The van der Waals surface area contributed by atoms with Crippen molar-refractivity contribution in [3.05, 3.63) is 41.8 Å². The summed E-state index contributed by atoms with van der Waals surface area (Å²) in [6.45, 7) is 1.93. The molecule has 0 fully saturated rings. The quantitative estimate of drug-likeness (QED) is 0.459. The molecule has 1 aromatic carbocycles. The molecule has 0 saturated heterocycles. The van der Waals surface area contributed by atoms with Crippen molar-refractivity contribution in [2.75, 3.05) is 11.1 Å². The second-order valence-electron chi connectivity index (χ2n) is 4.80. The zero-order valence-corrected chi connectivity index (χ0v) is 15.8. The Morgan fingerprint density at radius 2 is 2.00 bits per heavy atom. The topological polar surface area (TPSA) is 93.8 Å². The number of aromatic nitrogens is 4. The van der Waals surface area contributed by atoms with Crippen LogP contribution in [0, 0.1) is 0 Å². The number of nitrogens with zero attached hydrogens (tertiary/aromatic N) is 4. The Balaban J connectivity index is 1.44. The summed E-state index contributed by atoms with van der Waals surface area (Å²) in [6, 6.07) is 10.1. The summed E-state index contributed by atoms with van der Waals surface area (Å²) in [5, 5.41) is 19.4. The van der Waals surface area contributed by atoms with Gasteiger partial charge in [0.2, 0.25) is 16.9 Å². The minimum atomic E-state index is -0.183. The first-order valence-corrected chi connectivity index (χ1v) is 10.3. The van der Waals surface area contributed by atoms with Crippen LogP contribution in [0.15, 0.2) is 44.3 Å². The Morgan fingerprint density at radius 1 is 1.16 bits per heavy atom. The van der Waals surface area contributed by atoms with Crippen LogP contribution in [-0.4, -0.2) is 32.1 Å². The Bertz CT molecular complexity index is 821. The van der Waals surface area contributed by atoms with E-state index in [9.17, 15) is 4.79 Å². The summed E-state index contributed by atoms with van der Waals surface area (Å²) in [6.07, 6.45) is 0.675. The molecule has 0 radical (unpaired) electrons. The molecule has 0 atom stereocenters. The fourth-order valence-corrected chi connectivity index (χ4v) is 4.06. The fourth-order valence-electron chi connectivity index (χ4n) is 1.76.